The zero-order valence-corrected chi connectivity index (χ0v) is 16.5. The van der Waals surface area contributed by atoms with Crippen LogP contribution in [0.5, 0.6) is 5.75 Å². The summed E-state index contributed by atoms with van der Waals surface area (Å²) in [5.41, 5.74) is 1.04. The normalized spacial score (nSPS) is 12.9. The predicted octanol–water partition coefficient (Wildman–Crippen LogP) is 4.59. The minimum Gasteiger partial charge on any atom is -0.494 e. The van der Waals surface area contributed by atoms with Crippen LogP contribution in [-0.2, 0) is 4.79 Å². The molecule has 7 nitrogen and oxygen atoms in total. The maximum atomic E-state index is 12.5. The van der Waals surface area contributed by atoms with E-state index in [9.17, 15) is 14.9 Å². The first-order valence-electron chi connectivity index (χ1n) is 8.07. The van der Waals surface area contributed by atoms with Crippen molar-refractivity contribution in [1.29, 1.82) is 0 Å². The molecule has 1 amide bonds. The molecule has 0 aromatic heterocycles. The van der Waals surface area contributed by atoms with E-state index in [4.69, 9.17) is 27.9 Å². The summed E-state index contributed by atoms with van der Waals surface area (Å²) in [7, 11) is 1.38. The highest BCUT2D eigenvalue weighted by Crippen LogP contribution is 2.29. The van der Waals surface area contributed by atoms with Gasteiger partial charge in [0.05, 0.1) is 29.8 Å². The smallest absolute Gasteiger partial charge is 0.273 e. The fraction of sp³-hybridized carbons (Fsp3) is 0.278. The Hall–Kier alpha value is -2.35. The predicted molar refractivity (Wildman–Crippen MR) is 106 cm³/mol. The number of carbonyl (C=O) groups excluding carboxylic acids is 1. The minimum absolute atomic E-state index is 0.123. The van der Waals surface area contributed by atoms with Crippen LogP contribution in [0.1, 0.15) is 25.5 Å². The molecule has 0 spiro atoms. The number of halogens is 2. The first-order valence-corrected chi connectivity index (χ1v) is 8.82. The van der Waals surface area contributed by atoms with Gasteiger partial charge in [-0.3, -0.25) is 20.2 Å². The highest BCUT2D eigenvalue weighted by Gasteiger charge is 2.20. The van der Waals surface area contributed by atoms with Crippen LogP contribution in [0.4, 0.5) is 11.4 Å². The first kappa shape index (κ1) is 21.0. The molecule has 0 aliphatic carbocycles. The van der Waals surface area contributed by atoms with E-state index in [1.54, 1.807) is 25.1 Å². The van der Waals surface area contributed by atoms with Gasteiger partial charge in [-0.25, -0.2) is 0 Å². The van der Waals surface area contributed by atoms with Crippen LogP contribution in [0.15, 0.2) is 36.4 Å². The second kappa shape index (κ2) is 9.03. The number of nitro groups is 1. The standard InChI is InChI=1S/C18H19Cl2N3O4/c1-10(14-6-4-12(19)8-15(14)20)21-11(2)18(24)22-16-7-5-13(23(25)26)9-17(16)27-3/h4-11,21H,1-3H3,(H,22,24)/t10-,11+/m1/s1. The molecule has 0 radical (unpaired) electrons. The number of nitrogens with one attached hydrogen (secondary N) is 2. The van der Waals surface area contributed by atoms with Gasteiger partial charge in [-0.1, -0.05) is 29.3 Å². The van der Waals surface area contributed by atoms with Crippen molar-refractivity contribution in [3.05, 3.63) is 62.1 Å². The second-order valence-corrected chi connectivity index (χ2v) is 6.75. The van der Waals surface area contributed by atoms with Crippen molar-refractivity contribution in [2.45, 2.75) is 25.9 Å². The van der Waals surface area contributed by atoms with E-state index in [0.29, 0.717) is 15.7 Å². The lowest BCUT2D eigenvalue weighted by molar-refractivity contribution is -0.384. The molecule has 0 fully saturated rings. The molecule has 0 unspecified atom stereocenters. The molecule has 27 heavy (non-hydrogen) atoms. The SMILES string of the molecule is COc1cc([N+](=O)[O-])ccc1NC(=O)[C@H](C)N[C@H](C)c1ccc(Cl)cc1Cl. The van der Waals surface area contributed by atoms with Crippen molar-refractivity contribution in [2.75, 3.05) is 12.4 Å². The maximum Gasteiger partial charge on any atom is 0.273 e. The zero-order valence-electron chi connectivity index (χ0n) is 15.0. The molecule has 2 aromatic carbocycles. The van der Waals surface area contributed by atoms with Crippen LogP contribution in [0.25, 0.3) is 0 Å². The number of ether oxygens (including phenoxy) is 1. The van der Waals surface area contributed by atoms with E-state index >= 15 is 0 Å². The lowest BCUT2D eigenvalue weighted by Gasteiger charge is -2.21. The van der Waals surface area contributed by atoms with Crippen molar-refractivity contribution in [2.24, 2.45) is 0 Å². The largest absolute Gasteiger partial charge is 0.494 e. The topological polar surface area (TPSA) is 93.5 Å². The average molecular weight is 412 g/mol. The zero-order chi connectivity index (χ0) is 20.1. The molecular weight excluding hydrogens is 393 g/mol. The number of nitrogens with zero attached hydrogens (tertiary/aromatic N) is 1. The molecule has 2 atom stereocenters. The monoisotopic (exact) mass is 411 g/mol. The summed E-state index contributed by atoms with van der Waals surface area (Å²) >= 11 is 12.1. The van der Waals surface area contributed by atoms with Crippen molar-refractivity contribution >= 4 is 40.5 Å². The number of non-ortho nitro benzene ring substituents is 1. The number of carbonyl (C=O) groups is 1. The third kappa shape index (κ3) is 5.32. The summed E-state index contributed by atoms with van der Waals surface area (Å²) in [6.07, 6.45) is 0. The van der Waals surface area contributed by atoms with Gasteiger partial charge < -0.3 is 10.1 Å². The van der Waals surface area contributed by atoms with Gasteiger partial charge in [0.1, 0.15) is 5.75 Å². The van der Waals surface area contributed by atoms with Crippen molar-refractivity contribution in [1.82, 2.24) is 5.32 Å². The van der Waals surface area contributed by atoms with E-state index in [-0.39, 0.29) is 23.4 Å². The van der Waals surface area contributed by atoms with E-state index in [1.807, 2.05) is 6.92 Å². The third-order valence-electron chi connectivity index (χ3n) is 3.98. The van der Waals surface area contributed by atoms with Crippen molar-refractivity contribution in [3.63, 3.8) is 0 Å². The molecule has 0 aliphatic rings. The molecule has 0 aliphatic heterocycles. The number of anilines is 1. The molecule has 144 valence electrons. The molecule has 0 saturated carbocycles. The molecule has 2 rings (SSSR count). The number of benzene rings is 2. The van der Waals surface area contributed by atoms with Gasteiger partial charge in [0, 0.05) is 22.2 Å². The fourth-order valence-electron chi connectivity index (χ4n) is 2.53. The lowest BCUT2D eigenvalue weighted by atomic mass is 10.1. The summed E-state index contributed by atoms with van der Waals surface area (Å²) in [5, 5.41) is 17.7. The molecule has 0 bridgehead atoms. The number of rotatable bonds is 7. The van der Waals surface area contributed by atoms with Crippen molar-refractivity contribution in [3.8, 4) is 5.75 Å². The molecule has 2 aromatic rings. The highest BCUT2D eigenvalue weighted by atomic mass is 35.5. The Labute approximate surface area is 166 Å². The number of methoxy groups -OCH3 is 1. The van der Waals surface area contributed by atoms with E-state index < -0.39 is 11.0 Å². The van der Waals surface area contributed by atoms with Gasteiger partial charge >= 0.3 is 0 Å². The van der Waals surface area contributed by atoms with Gasteiger partial charge in [0.25, 0.3) is 5.69 Å². The van der Waals surface area contributed by atoms with Crippen LogP contribution in [0, 0.1) is 10.1 Å². The molecule has 2 N–H and O–H groups in total. The fourth-order valence-corrected chi connectivity index (χ4v) is 3.10. The van der Waals surface area contributed by atoms with Crippen LogP contribution in [-0.4, -0.2) is 24.0 Å². The van der Waals surface area contributed by atoms with Crippen LogP contribution < -0.4 is 15.4 Å². The summed E-state index contributed by atoms with van der Waals surface area (Å²) in [6.45, 7) is 3.58. The van der Waals surface area contributed by atoms with Crippen LogP contribution in [0.3, 0.4) is 0 Å². The Kier molecular flexibility index (Phi) is 7.01. The number of hydrogen-bond donors (Lipinski definition) is 2. The maximum absolute atomic E-state index is 12.5. The van der Waals surface area contributed by atoms with Crippen LogP contribution >= 0.6 is 23.2 Å². The lowest BCUT2D eigenvalue weighted by Crippen LogP contribution is -2.39. The molecule has 0 saturated heterocycles. The molecule has 9 heteroatoms. The average Bonchev–Trinajstić information content (AvgIpc) is 2.61. The summed E-state index contributed by atoms with van der Waals surface area (Å²) in [6, 6.07) is 8.39. The number of amides is 1. The highest BCUT2D eigenvalue weighted by molar-refractivity contribution is 6.35. The molecular formula is C18H19Cl2N3O4. The Morgan fingerprint density at radius 3 is 2.48 bits per heavy atom. The third-order valence-corrected chi connectivity index (χ3v) is 4.54. The van der Waals surface area contributed by atoms with E-state index in [1.165, 1.54) is 25.3 Å². The van der Waals surface area contributed by atoms with Gasteiger partial charge in [0.15, 0.2) is 0 Å². The number of hydrogen-bond acceptors (Lipinski definition) is 5. The first-order chi connectivity index (χ1) is 12.7. The summed E-state index contributed by atoms with van der Waals surface area (Å²) in [4.78, 5) is 22.8. The molecule has 0 heterocycles. The van der Waals surface area contributed by atoms with Gasteiger partial charge in [-0.15, -0.1) is 0 Å². The quantitative estimate of drug-likeness (QED) is 0.513. The Morgan fingerprint density at radius 2 is 1.89 bits per heavy atom. The van der Waals surface area contributed by atoms with E-state index in [0.717, 1.165) is 5.56 Å². The Morgan fingerprint density at radius 1 is 1.19 bits per heavy atom. The van der Waals surface area contributed by atoms with E-state index in [2.05, 4.69) is 10.6 Å². The summed E-state index contributed by atoms with van der Waals surface area (Å²) in [5.74, 6) is -0.113. The van der Waals surface area contributed by atoms with Crippen molar-refractivity contribution < 1.29 is 14.5 Å². The van der Waals surface area contributed by atoms with Gasteiger partial charge in [0.2, 0.25) is 5.91 Å². The Balaban J connectivity index is 2.08. The van der Waals surface area contributed by atoms with Crippen LogP contribution in [0.2, 0.25) is 10.0 Å². The van der Waals surface area contributed by atoms with Gasteiger partial charge in [-0.05, 0) is 37.6 Å². The second-order valence-electron chi connectivity index (χ2n) is 5.91. The minimum atomic E-state index is -0.563. The summed E-state index contributed by atoms with van der Waals surface area (Å²) < 4.78 is 5.12. The Bertz CT molecular complexity index is 860. The van der Waals surface area contributed by atoms with Gasteiger partial charge in [-0.2, -0.15) is 0 Å². The number of nitro benzene ring substituents is 1.